The highest BCUT2D eigenvalue weighted by molar-refractivity contribution is 6.24. The molecule has 0 saturated heterocycles. The number of H-pyrrole nitrogens is 2. The number of aryl methyl sites for hydroxylation is 3. The fraction of sp³-hybridized carbons (Fsp3) is 0.342. The average molecular weight is 711 g/mol. The Kier molecular flexibility index (Phi) is 10.8. The molecule has 0 fully saturated rings. The van der Waals surface area contributed by atoms with Gasteiger partial charge in [0.05, 0.1) is 35.6 Å². The van der Waals surface area contributed by atoms with Gasteiger partial charge in [0.15, 0.2) is 0 Å². The molecular weight excluding hydrogens is 668 g/mol. The number of rotatable bonds is 12. The molecule has 3 aromatic heterocycles. The summed E-state index contributed by atoms with van der Waals surface area (Å²) >= 11 is 0. The van der Waals surface area contributed by atoms with Crippen molar-refractivity contribution in [2.24, 2.45) is 0 Å². The summed E-state index contributed by atoms with van der Waals surface area (Å²) in [6, 6.07) is 5.68. The molecule has 2 aliphatic heterocycles. The molecule has 2 amide bonds. The molecule has 0 aromatic carbocycles. The van der Waals surface area contributed by atoms with Crippen LogP contribution in [0.5, 0.6) is 0 Å². The molecule has 5 rings (SSSR count). The Balaban J connectivity index is 1.88. The van der Waals surface area contributed by atoms with Crippen LogP contribution in [0, 0.1) is 13.8 Å². The van der Waals surface area contributed by atoms with Crippen LogP contribution in [-0.2, 0) is 36.8 Å². The monoisotopic (exact) mass is 710 g/mol. The minimum atomic E-state index is -1.27. The second-order valence-corrected chi connectivity index (χ2v) is 13.0. The zero-order valence-electron chi connectivity index (χ0n) is 29.7. The third kappa shape index (κ3) is 7.36. The highest BCUT2D eigenvalue weighted by atomic mass is 16.4. The smallest absolute Gasteiger partial charge is 0.338 e. The van der Waals surface area contributed by atoms with E-state index in [0.29, 0.717) is 29.1 Å². The number of carboxylic acids is 3. The molecule has 2 atom stereocenters. The lowest BCUT2D eigenvalue weighted by molar-refractivity contribution is -0.138. The van der Waals surface area contributed by atoms with Crippen LogP contribution in [0.15, 0.2) is 24.8 Å². The van der Waals surface area contributed by atoms with Crippen molar-refractivity contribution in [3.05, 3.63) is 75.4 Å². The number of aliphatic carboxylic acids is 3. The molecule has 14 heteroatoms. The van der Waals surface area contributed by atoms with Crippen LogP contribution in [0.3, 0.4) is 0 Å². The molecular formula is C38H42N6O8. The van der Waals surface area contributed by atoms with Crippen molar-refractivity contribution in [1.29, 1.82) is 0 Å². The molecule has 5 heterocycles. The third-order valence-corrected chi connectivity index (χ3v) is 9.84. The van der Waals surface area contributed by atoms with Crippen molar-refractivity contribution >= 4 is 69.0 Å². The summed E-state index contributed by atoms with van der Waals surface area (Å²) in [7, 11) is 0. The number of hydrogen-bond donors (Lipinski definition) is 7. The van der Waals surface area contributed by atoms with Crippen LogP contribution in [0.1, 0.15) is 96.0 Å². The van der Waals surface area contributed by atoms with Crippen molar-refractivity contribution in [3.8, 4) is 0 Å². The predicted molar refractivity (Wildman–Crippen MR) is 195 cm³/mol. The highest BCUT2D eigenvalue weighted by Crippen LogP contribution is 2.43. The molecule has 0 unspecified atom stereocenters. The lowest BCUT2D eigenvalue weighted by atomic mass is 9.84. The molecule has 0 spiro atoms. The summed E-state index contributed by atoms with van der Waals surface area (Å²) in [6.45, 7) is 12.4. The van der Waals surface area contributed by atoms with Gasteiger partial charge < -0.3 is 35.9 Å². The Hall–Kier alpha value is -6.05. The van der Waals surface area contributed by atoms with E-state index in [2.05, 4.69) is 27.2 Å². The molecule has 2 aliphatic rings. The van der Waals surface area contributed by atoms with Crippen LogP contribution < -0.4 is 10.6 Å². The summed E-state index contributed by atoms with van der Waals surface area (Å²) in [5.41, 5.74) is 8.71. The van der Waals surface area contributed by atoms with E-state index < -0.39 is 55.2 Å². The first-order valence-electron chi connectivity index (χ1n) is 16.9. The normalized spacial score (nSPS) is 15.3. The Bertz CT molecular complexity index is 2230. The molecule has 0 saturated carbocycles. The Morgan fingerprint density at radius 1 is 0.846 bits per heavy atom. The number of hydrogen-bond acceptors (Lipinski definition) is 7. The summed E-state index contributed by atoms with van der Waals surface area (Å²) in [4.78, 5) is 78.3. The topological polar surface area (TPSA) is 227 Å². The Morgan fingerprint density at radius 2 is 1.52 bits per heavy atom. The van der Waals surface area contributed by atoms with Gasteiger partial charge in [0.25, 0.3) is 0 Å². The number of carboxylic acid groups (broad SMARTS) is 3. The third-order valence-electron chi connectivity index (χ3n) is 9.84. The summed E-state index contributed by atoms with van der Waals surface area (Å²) in [5, 5.41) is 33.8. The maximum Gasteiger partial charge on any atom is 0.338 e. The highest BCUT2D eigenvalue weighted by Gasteiger charge is 2.35. The number of carbonyl (C=O) groups is 5. The van der Waals surface area contributed by atoms with E-state index in [9.17, 15) is 34.2 Å². The number of fused-ring (bicyclic) bond motifs is 8. The molecule has 52 heavy (non-hydrogen) atoms. The number of amides is 2. The minimum Gasteiger partial charge on any atom is -0.481 e. The average Bonchev–Trinajstić information content (AvgIpc) is 3.77. The number of nitrogens with zero attached hydrogens (tertiary/aromatic N) is 2. The van der Waals surface area contributed by atoms with Crippen molar-refractivity contribution in [3.63, 3.8) is 0 Å². The summed E-state index contributed by atoms with van der Waals surface area (Å²) < 4.78 is 0. The molecule has 14 nitrogen and oxygen atoms in total. The SMILES string of the molecule is C=Cc1c(C)c2cc3nc(c(CC(=O)NCC(=O)NCC(=O)O)c4nc(cc5[nH]c(cc1[nH]2)c(C)c5CC)C(C)=C4C(=O)O)[C@@H](CCC(=O)O)[C@@H]3C. The lowest BCUT2D eigenvalue weighted by Gasteiger charge is -2.18. The van der Waals surface area contributed by atoms with E-state index in [1.165, 1.54) is 0 Å². The molecule has 0 aliphatic carbocycles. The zero-order valence-corrected chi connectivity index (χ0v) is 29.7. The van der Waals surface area contributed by atoms with E-state index in [1.807, 2.05) is 39.8 Å². The quantitative estimate of drug-likeness (QED) is 0.136. The van der Waals surface area contributed by atoms with Gasteiger partial charge in [0, 0.05) is 57.1 Å². The predicted octanol–water partition coefficient (Wildman–Crippen LogP) is 4.76. The lowest BCUT2D eigenvalue weighted by Crippen LogP contribution is -2.39. The second-order valence-electron chi connectivity index (χ2n) is 13.0. The number of allylic oxidation sites excluding steroid dienone is 1. The first kappa shape index (κ1) is 37.2. The Morgan fingerprint density at radius 3 is 2.15 bits per heavy atom. The standard InChI is InChI=1S/C38H42N6O8/c1-7-21-17(3)25-12-27-19(5)23(9-10-33(47)48)36(43-27)24(11-31(45)39-15-32(46)40-16-34(49)50)37-35(38(51)52)20(6)28(44-37)14-30-22(8-2)18(4)26(42-30)13-29(21)41-25/h7,12-14,19,23,41-42H,1,8-11,15-16H2,2-6H3,(H,39,45)(H,40,46)(H,47,48)(H,49,50)(H,51,52)/t19-,23-/m0/s1. The summed E-state index contributed by atoms with van der Waals surface area (Å²) in [5.74, 6) is -5.83. The van der Waals surface area contributed by atoms with Gasteiger partial charge in [-0.05, 0) is 74.1 Å². The van der Waals surface area contributed by atoms with Gasteiger partial charge in [-0.15, -0.1) is 0 Å². The van der Waals surface area contributed by atoms with E-state index in [4.69, 9.17) is 15.1 Å². The second kappa shape index (κ2) is 15.1. The van der Waals surface area contributed by atoms with Crippen LogP contribution in [0.4, 0.5) is 0 Å². The fourth-order valence-electron chi connectivity index (χ4n) is 7.01. The van der Waals surface area contributed by atoms with E-state index in [1.54, 1.807) is 19.1 Å². The van der Waals surface area contributed by atoms with Crippen molar-refractivity contribution in [2.75, 3.05) is 13.1 Å². The van der Waals surface area contributed by atoms with E-state index in [0.717, 1.165) is 44.3 Å². The van der Waals surface area contributed by atoms with Gasteiger partial charge in [0.2, 0.25) is 11.8 Å². The van der Waals surface area contributed by atoms with Gasteiger partial charge in [-0.25, -0.2) is 9.78 Å². The maximum absolute atomic E-state index is 13.5. The maximum atomic E-state index is 13.5. The van der Waals surface area contributed by atoms with Crippen molar-refractivity contribution in [1.82, 2.24) is 30.6 Å². The molecule has 272 valence electrons. The van der Waals surface area contributed by atoms with E-state index >= 15 is 0 Å². The summed E-state index contributed by atoms with van der Waals surface area (Å²) in [6.07, 6.45) is 1.94. The van der Waals surface area contributed by atoms with E-state index in [-0.39, 0.29) is 35.6 Å². The van der Waals surface area contributed by atoms with Crippen LogP contribution >= 0.6 is 0 Å². The zero-order chi connectivity index (χ0) is 38.0. The molecule has 3 aromatic rings. The number of aromatic nitrogens is 4. The Labute approximate surface area is 299 Å². The minimum absolute atomic E-state index is 0.0155. The molecule has 7 N–H and O–H groups in total. The van der Waals surface area contributed by atoms with Gasteiger partial charge in [-0.3, -0.25) is 24.2 Å². The van der Waals surface area contributed by atoms with Gasteiger partial charge in [-0.2, -0.15) is 0 Å². The van der Waals surface area contributed by atoms with Crippen molar-refractivity contribution in [2.45, 2.75) is 72.1 Å². The fourth-order valence-corrected chi connectivity index (χ4v) is 7.01. The number of aromatic amines is 2. The number of nitrogens with one attached hydrogen (secondary N) is 4. The van der Waals surface area contributed by atoms with Crippen molar-refractivity contribution < 1.29 is 39.3 Å². The van der Waals surface area contributed by atoms with Gasteiger partial charge in [0.1, 0.15) is 6.54 Å². The van der Waals surface area contributed by atoms with Gasteiger partial charge >= 0.3 is 17.9 Å². The van der Waals surface area contributed by atoms with Gasteiger partial charge in [-0.1, -0.05) is 26.5 Å². The van der Waals surface area contributed by atoms with Crippen LogP contribution in [-0.4, -0.2) is 78.1 Å². The first-order chi connectivity index (χ1) is 24.6. The number of carbonyl (C=O) groups excluding carboxylic acids is 2. The molecule has 0 radical (unpaired) electrons. The van der Waals surface area contributed by atoms with Crippen LogP contribution in [0.2, 0.25) is 0 Å². The molecule has 8 bridgehead atoms. The largest absolute Gasteiger partial charge is 0.481 e. The van der Waals surface area contributed by atoms with Crippen LogP contribution in [0.25, 0.3) is 39.3 Å². The first-order valence-corrected chi connectivity index (χ1v) is 16.9.